The van der Waals surface area contributed by atoms with Crippen molar-refractivity contribution in [3.05, 3.63) is 35.3 Å². The summed E-state index contributed by atoms with van der Waals surface area (Å²) in [7, 11) is 0. The maximum Gasteiger partial charge on any atom is 0.410 e. The number of carbonyl (C=O) groups excluding carboxylic acids is 1. The van der Waals surface area contributed by atoms with Gasteiger partial charge >= 0.3 is 6.09 Å². The van der Waals surface area contributed by atoms with Gasteiger partial charge in [-0.1, -0.05) is 17.8 Å². The standard InChI is InChI=1S/C30H37N7O3S/c1-19-10-11-21-20(15-32-37(21)22-9-7-8-14-39-22)23(19)24-25(31-5)26(34-27(33-24)41-6)35-13-12-30(16-35)17-36(18-30)28(38)40-29(2,3)4/h10-11,15,22H,7-9,12-14,16-18H2,1-4,6H3. The molecule has 0 aliphatic carbocycles. The third kappa shape index (κ3) is 5.12. The molecule has 3 aliphatic heterocycles. The van der Waals surface area contributed by atoms with Crippen LogP contribution in [0, 0.1) is 18.9 Å². The number of amides is 1. The van der Waals surface area contributed by atoms with Gasteiger partial charge < -0.3 is 19.3 Å². The van der Waals surface area contributed by atoms with Gasteiger partial charge in [0, 0.05) is 49.2 Å². The van der Waals surface area contributed by atoms with Gasteiger partial charge in [-0.15, -0.1) is 0 Å². The van der Waals surface area contributed by atoms with Crippen LogP contribution in [0.3, 0.4) is 0 Å². The van der Waals surface area contributed by atoms with Crippen molar-refractivity contribution in [3.63, 3.8) is 0 Å². The highest BCUT2D eigenvalue weighted by atomic mass is 32.2. The van der Waals surface area contributed by atoms with Crippen molar-refractivity contribution >= 4 is 40.3 Å². The van der Waals surface area contributed by atoms with Crippen molar-refractivity contribution in [3.8, 4) is 11.3 Å². The number of thioether (sulfide) groups is 1. The van der Waals surface area contributed by atoms with Gasteiger partial charge in [-0.25, -0.2) is 24.3 Å². The quantitative estimate of drug-likeness (QED) is 0.206. The van der Waals surface area contributed by atoms with E-state index in [9.17, 15) is 4.79 Å². The number of likely N-dealkylation sites (tertiary alicyclic amines) is 1. The Morgan fingerprint density at radius 3 is 2.71 bits per heavy atom. The molecule has 0 N–H and O–H groups in total. The van der Waals surface area contributed by atoms with E-state index in [1.54, 1.807) is 4.90 Å². The van der Waals surface area contributed by atoms with Gasteiger partial charge in [0.2, 0.25) is 0 Å². The number of anilines is 1. The third-order valence-corrected chi connectivity index (χ3v) is 8.78. The number of fused-ring (bicyclic) bond motifs is 1. The highest BCUT2D eigenvalue weighted by Gasteiger charge is 2.51. The second-order valence-electron chi connectivity index (χ2n) is 12.5. The van der Waals surface area contributed by atoms with Crippen LogP contribution in [0.4, 0.5) is 16.3 Å². The lowest BCUT2D eigenvalue weighted by molar-refractivity contribution is -0.0366. The molecule has 3 saturated heterocycles. The van der Waals surface area contributed by atoms with Gasteiger partial charge in [-0.3, -0.25) is 0 Å². The Morgan fingerprint density at radius 1 is 1.22 bits per heavy atom. The maximum absolute atomic E-state index is 12.6. The van der Waals surface area contributed by atoms with E-state index in [-0.39, 0.29) is 17.7 Å². The molecule has 0 bridgehead atoms. The zero-order valence-electron chi connectivity index (χ0n) is 24.4. The molecule has 1 atom stereocenters. The van der Waals surface area contributed by atoms with Gasteiger partial charge in [0.1, 0.15) is 11.4 Å². The van der Waals surface area contributed by atoms with Gasteiger partial charge in [0.05, 0.1) is 24.0 Å². The SMILES string of the molecule is [C-]#[N+]c1c(-c2c(C)ccc3c2cnn3C2CCCCO2)nc(SC)nc1N1CCC2(CN(C(=O)OC(C)(C)C)C2)C1. The van der Waals surface area contributed by atoms with E-state index >= 15 is 0 Å². The molecular weight excluding hydrogens is 538 g/mol. The van der Waals surface area contributed by atoms with Crippen molar-refractivity contribution in [2.75, 3.05) is 43.9 Å². The smallest absolute Gasteiger partial charge is 0.410 e. The Bertz CT molecular complexity index is 1530. The summed E-state index contributed by atoms with van der Waals surface area (Å²) in [6.07, 6.45) is 7.56. The molecule has 216 valence electrons. The molecule has 0 saturated carbocycles. The van der Waals surface area contributed by atoms with E-state index in [1.807, 2.05) is 37.9 Å². The first-order valence-corrected chi connectivity index (χ1v) is 15.5. The van der Waals surface area contributed by atoms with Crippen LogP contribution in [0.25, 0.3) is 27.0 Å². The first kappa shape index (κ1) is 27.8. The van der Waals surface area contributed by atoms with Crippen molar-refractivity contribution in [1.82, 2.24) is 24.6 Å². The minimum absolute atomic E-state index is 0.0160. The number of hydrogen-bond acceptors (Lipinski definition) is 8. The Balaban J connectivity index is 1.34. The Hall–Kier alpha value is -3.36. The highest BCUT2D eigenvalue weighted by molar-refractivity contribution is 7.98. The predicted molar refractivity (Wildman–Crippen MR) is 159 cm³/mol. The topological polar surface area (TPSA) is 90.0 Å². The van der Waals surface area contributed by atoms with Crippen molar-refractivity contribution in [2.45, 2.75) is 70.4 Å². The van der Waals surface area contributed by atoms with E-state index in [4.69, 9.17) is 31.1 Å². The molecule has 1 amide bonds. The van der Waals surface area contributed by atoms with Gasteiger partial charge in [0.25, 0.3) is 5.69 Å². The molecule has 2 aromatic heterocycles. The zero-order valence-corrected chi connectivity index (χ0v) is 25.3. The molecule has 41 heavy (non-hydrogen) atoms. The summed E-state index contributed by atoms with van der Waals surface area (Å²) in [5.41, 5.74) is 3.51. The lowest BCUT2D eigenvalue weighted by Crippen LogP contribution is -2.60. The first-order valence-electron chi connectivity index (χ1n) is 14.3. The average molecular weight is 576 g/mol. The van der Waals surface area contributed by atoms with E-state index in [2.05, 4.69) is 28.8 Å². The van der Waals surface area contributed by atoms with Gasteiger partial charge in [-0.05, 0) is 71.3 Å². The van der Waals surface area contributed by atoms with Crippen LogP contribution in [0.2, 0.25) is 0 Å². The number of aromatic nitrogens is 4. The molecule has 1 unspecified atom stereocenters. The summed E-state index contributed by atoms with van der Waals surface area (Å²) in [5.74, 6) is 0.668. The third-order valence-electron chi connectivity index (χ3n) is 8.24. The monoisotopic (exact) mass is 575 g/mol. The number of nitrogens with zero attached hydrogens (tertiary/aromatic N) is 7. The molecule has 5 heterocycles. The van der Waals surface area contributed by atoms with E-state index < -0.39 is 5.60 Å². The number of ether oxygens (including phenoxy) is 2. The summed E-state index contributed by atoms with van der Waals surface area (Å²) in [5, 5.41) is 6.33. The van der Waals surface area contributed by atoms with Crippen LogP contribution in [0.5, 0.6) is 0 Å². The maximum atomic E-state index is 12.6. The van der Waals surface area contributed by atoms with Crippen LogP contribution >= 0.6 is 11.8 Å². The second kappa shape index (κ2) is 10.5. The molecule has 1 aromatic carbocycles. The molecule has 6 rings (SSSR count). The number of aryl methyl sites for hydroxylation is 1. The molecule has 3 aliphatic rings. The predicted octanol–water partition coefficient (Wildman–Crippen LogP) is 6.22. The van der Waals surface area contributed by atoms with Crippen molar-refractivity contribution in [1.29, 1.82) is 0 Å². The van der Waals surface area contributed by atoms with Crippen molar-refractivity contribution in [2.24, 2.45) is 5.41 Å². The van der Waals surface area contributed by atoms with Gasteiger partial charge in [0.15, 0.2) is 11.4 Å². The Labute approximate surface area is 245 Å². The minimum atomic E-state index is -0.515. The molecule has 3 fully saturated rings. The Kier molecular flexibility index (Phi) is 7.10. The second-order valence-corrected chi connectivity index (χ2v) is 13.2. The van der Waals surface area contributed by atoms with Crippen LogP contribution < -0.4 is 4.90 Å². The first-order chi connectivity index (χ1) is 19.6. The molecule has 0 radical (unpaired) electrons. The van der Waals surface area contributed by atoms with Crippen molar-refractivity contribution < 1.29 is 14.3 Å². The molecule has 10 nitrogen and oxygen atoms in total. The molecule has 3 aromatic rings. The number of carbonyl (C=O) groups is 1. The van der Waals surface area contributed by atoms with E-state index in [1.165, 1.54) is 11.8 Å². The lowest BCUT2D eigenvalue weighted by atomic mass is 9.79. The number of rotatable bonds is 4. The van der Waals surface area contributed by atoms with Crippen LogP contribution in [-0.4, -0.2) is 75.4 Å². The zero-order chi connectivity index (χ0) is 28.9. The molecule has 1 spiro atoms. The fourth-order valence-electron chi connectivity index (χ4n) is 6.30. The molecule has 11 heteroatoms. The largest absolute Gasteiger partial charge is 0.444 e. The van der Waals surface area contributed by atoms with E-state index in [0.717, 1.165) is 67.4 Å². The van der Waals surface area contributed by atoms with E-state index in [0.29, 0.717) is 35.4 Å². The summed E-state index contributed by atoms with van der Waals surface area (Å²) in [6.45, 7) is 19.5. The fourth-order valence-corrected chi connectivity index (χ4v) is 6.66. The number of benzene rings is 1. The van der Waals surface area contributed by atoms with Crippen LogP contribution in [0.15, 0.2) is 23.5 Å². The lowest BCUT2D eigenvalue weighted by Gasteiger charge is -2.47. The fraction of sp³-hybridized carbons (Fsp3) is 0.567. The van der Waals surface area contributed by atoms with Gasteiger partial charge in [-0.2, -0.15) is 5.10 Å². The normalized spacial score (nSPS) is 20.3. The Morgan fingerprint density at radius 2 is 2.02 bits per heavy atom. The average Bonchev–Trinajstić information content (AvgIpc) is 3.56. The van der Waals surface area contributed by atoms with Crippen LogP contribution in [0.1, 0.15) is 58.2 Å². The minimum Gasteiger partial charge on any atom is -0.444 e. The summed E-state index contributed by atoms with van der Waals surface area (Å²) >= 11 is 1.48. The summed E-state index contributed by atoms with van der Waals surface area (Å²) in [4.78, 5) is 30.4. The summed E-state index contributed by atoms with van der Waals surface area (Å²) < 4.78 is 13.6. The molecular formula is C30H37N7O3S. The summed E-state index contributed by atoms with van der Waals surface area (Å²) in [6, 6.07) is 4.17. The van der Waals surface area contributed by atoms with Crippen LogP contribution in [-0.2, 0) is 9.47 Å². The number of hydrogen-bond donors (Lipinski definition) is 0. The highest BCUT2D eigenvalue weighted by Crippen LogP contribution is 2.47.